The summed E-state index contributed by atoms with van der Waals surface area (Å²) in [5.41, 5.74) is 3.68. The van der Waals surface area contributed by atoms with Gasteiger partial charge >= 0.3 is 0 Å². The van der Waals surface area contributed by atoms with Gasteiger partial charge in [-0.3, -0.25) is 4.57 Å². The Balaban J connectivity index is 2.58. The first kappa shape index (κ1) is 9.77. The van der Waals surface area contributed by atoms with Gasteiger partial charge in [-0.05, 0) is 31.0 Å². The molecular weight excluding hydrogens is 186 g/mol. The number of nitrogens with one attached hydrogen (secondary N) is 1. The van der Waals surface area contributed by atoms with Crippen molar-refractivity contribution in [1.82, 2.24) is 9.55 Å². The summed E-state index contributed by atoms with van der Waals surface area (Å²) >= 11 is 0. The van der Waals surface area contributed by atoms with Crippen LogP contribution in [-0.4, -0.2) is 16.6 Å². The Hall–Kier alpha value is -1.77. The minimum absolute atomic E-state index is 0.865. The zero-order valence-electron chi connectivity index (χ0n) is 9.28. The van der Waals surface area contributed by atoms with Crippen LogP contribution in [0, 0.1) is 13.8 Å². The fraction of sp³-hybridized carbons (Fsp3) is 0.250. The van der Waals surface area contributed by atoms with Crippen molar-refractivity contribution in [2.75, 3.05) is 12.4 Å². The van der Waals surface area contributed by atoms with Crippen LogP contribution in [0.3, 0.4) is 0 Å². The summed E-state index contributed by atoms with van der Waals surface area (Å²) in [5, 5.41) is 3.07. The van der Waals surface area contributed by atoms with Crippen LogP contribution in [0.1, 0.15) is 11.1 Å². The van der Waals surface area contributed by atoms with E-state index in [2.05, 4.69) is 46.9 Å². The molecule has 1 N–H and O–H groups in total. The predicted octanol–water partition coefficient (Wildman–Crippen LogP) is 2.53. The van der Waals surface area contributed by atoms with E-state index < -0.39 is 0 Å². The fourth-order valence-electron chi connectivity index (χ4n) is 1.66. The number of hydrogen-bond acceptors (Lipinski definition) is 2. The highest BCUT2D eigenvalue weighted by Gasteiger charge is 2.05. The Kier molecular flexibility index (Phi) is 2.46. The van der Waals surface area contributed by atoms with Crippen LogP contribution in [0.2, 0.25) is 0 Å². The van der Waals surface area contributed by atoms with Crippen molar-refractivity contribution in [2.45, 2.75) is 13.8 Å². The van der Waals surface area contributed by atoms with Crippen LogP contribution < -0.4 is 5.32 Å². The maximum Gasteiger partial charge on any atom is 0.207 e. The van der Waals surface area contributed by atoms with Gasteiger partial charge in [-0.25, -0.2) is 4.98 Å². The second kappa shape index (κ2) is 3.77. The first-order chi connectivity index (χ1) is 7.22. The Morgan fingerprint density at radius 2 is 2.07 bits per heavy atom. The molecule has 1 aromatic carbocycles. The summed E-state index contributed by atoms with van der Waals surface area (Å²) in [6, 6.07) is 6.41. The smallest absolute Gasteiger partial charge is 0.207 e. The first-order valence-electron chi connectivity index (χ1n) is 5.01. The quantitative estimate of drug-likeness (QED) is 0.809. The summed E-state index contributed by atoms with van der Waals surface area (Å²) in [6.45, 7) is 4.20. The topological polar surface area (TPSA) is 29.9 Å². The van der Waals surface area contributed by atoms with Crippen molar-refractivity contribution in [1.29, 1.82) is 0 Å². The average molecular weight is 201 g/mol. The highest BCUT2D eigenvalue weighted by atomic mass is 15.2. The number of rotatable bonds is 2. The van der Waals surface area contributed by atoms with Crippen molar-refractivity contribution >= 4 is 5.95 Å². The summed E-state index contributed by atoms with van der Waals surface area (Å²) in [5.74, 6) is 0.865. The summed E-state index contributed by atoms with van der Waals surface area (Å²) in [7, 11) is 1.88. The second-order valence-electron chi connectivity index (χ2n) is 3.66. The molecule has 0 atom stereocenters. The minimum atomic E-state index is 0.865. The van der Waals surface area contributed by atoms with E-state index in [0.717, 1.165) is 5.95 Å². The number of benzene rings is 1. The van der Waals surface area contributed by atoms with Gasteiger partial charge < -0.3 is 5.32 Å². The SMILES string of the molecule is CNc1nccn1-c1cc(C)ccc1C. The maximum absolute atomic E-state index is 4.23. The molecule has 0 aliphatic rings. The monoisotopic (exact) mass is 201 g/mol. The van der Waals surface area contributed by atoms with Gasteiger partial charge in [0.25, 0.3) is 0 Å². The van der Waals surface area contributed by atoms with E-state index in [-0.39, 0.29) is 0 Å². The standard InChI is InChI=1S/C12H15N3/c1-9-4-5-10(2)11(8-9)15-7-6-14-12(15)13-3/h4-8H,1-3H3,(H,13,14). The Bertz CT molecular complexity index is 471. The molecule has 0 unspecified atom stereocenters. The molecule has 3 nitrogen and oxygen atoms in total. The van der Waals surface area contributed by atoms with Crippen molar-refractivity contribution in [3.8, 4) is 5.69 Å². The molecule has 0 radical (unpaired) electrons. The Labute approximate surface area is 89.8 Å². The largest absolute Gasteiger partial charge is 0.358 e. The zero-order valence-corrected chi connectivity index (χ0v) is 9.28. The van der Waals surface area contributed by atoms with E-state index in [1.165, 1.54) is 16.8 Å². The number of hydrogen-bond donors (Lipinski definition) is 1. The van der Waals surface area contributed by atoms with Crippen LogP contribution in [0.25, 0.3) is 5.69 Å². The molecule has 0 saturated carbocycles. The van der Waals surface area contributed by atoms with E-state index in [0.29, 0.717) is 0 Å². The molecule has 0 bridgehead atoms. The van der Waals surface area contributed by atoms with Gasteiger partial charge in [0.2, 0.25) is 5.95 Å². The molecule has 15 heavy (non-hydrogen) atoms. The van der Waals surface area contributed by atoms with Gasteiger partial charge in [0, 0.05) is 19.4 Å². The van der Waals surface area contributed by atoms with Crippen molar-refractivity contribution in [3.63, 3.8) is 0 Å². The van der Waals surface area contributed by atoms with Crippen LogP contribution >= 0.6 is 0 Å². The molecule has 0 amide bonds. The first-order valence-corrected chi connectivity index (χ1v) is 5.01. The molecule has 3 heteroatoms. The van der Waals surface area contributed by atoms with Crippen molar-refractivity contribution in [3.05, 3.63) is 41.7 Å². The molecule has 78 valence electrons. The molecule has 0 saturated heterocycles. The number of aryl methyl sites for hydroxylation is 2. The predicted molar refractivity (Wildman–Crippen MR) is 62.6 cm³/mol. The lowest BCUT2D eigenvalue weighted by Crippen LogP contribution is -2.02. The van der Waals surface area contributed by atoms with Crippen LogP contribution in [0.5, 0.6) is 0 Å². The molecule has 1 aromatic heterocycles. The molecule has 0 fully saturated rings. The van der Waals surface area contributed by atoms with Gasteiger partial charge in [0.05, 0.1) is 5.69 Å². The van der Waals surface area contributed by atoms with Crippen molar-refractivity contribution < 1.29 is 0 Å². The number of nitrogens with zero attached hydrogens (tertiary/aromatic N) is 2. The molecule has 0 aliphatic heterocycles. The third-order valence-corrected chi connectivity index (χ3v) is 2.49. The van der Waals surface area contributed by atoms with Crippen LogP contribution in [0.15, 0.2) is 30.6 Å². The number of imidazole rings is 1. The molecule has 2 rings (SSSR count). The maximum atomic E-state index is 4.23. The van der Waals surface area contributed by atoms with Gasteiger partial charge in [-0.1, -0.05) is 12.1 Å². The molecule has 0 aliphatic carbocycles. The zero-order chi connectivity index (χ0) is 10.8. The summed E-state index contributed by atoms with van der Waals surface area (Å²) in [4.78, 5) is 4.23. The van der Waals surface area contributed by atoms with E-state index >= 15 is 0 Å². The fourth-order valence-corrected chi connectivity index (χ4v) is 1.66. The molecule has 1 heterocycles. The lowest BCUT2D eigenvalue weighted by atomic mass is 10.1. The number of aromatic nitrogens is 2. The third-order valence-electron chi connectivity index (χ3n) is 2.49. The van der Waals surface area contributed by atoms with Gasteiger partial charge in [0.1, 0.15) is 0 Å². The van der Waals surface area contributed by atoms with Gasteiger partial charge in [-0.2, -0.15) is 0 Å². The average Bonchev–Trinajstić information content (AvgIpc) is 2.69. The van der Waals surface area contributed by atoms with Crippen LogP contribution in [-0.2, 0) is 0 Å². The van der Waals surface area contributed by atoms with Gasteiger partial charge in [-0.15, -0.1) is 0 Å². The number of anilines is 1. The molecule has 0 spiro atoms. The van der Waals surface area contributed by atoms with E-state index in [1.807, 2.05) is 13.2 Å². The summed E-state index contributed by atoms with van der Waals surface area (Å²) in [6.07, 6.45) is 3.77. The van der Waals surface area contributed by atoms with Gasteiger partial charge in [0.15, 0.2) is 0 Å². The van der Waals surface area contributed by atoms with Crippen LogP contribution in [0.4, 0.5) is 5.95 Å². The Morgan fingerprint density at radius 1 is 1.27 bits per heavy atom. The summed E-state index contributed by atoms with van der Waals surface area (Å²) < 4.78 is 2.06. The molecule has 2 aromatic rings. The molecular formula is C12H15N3. The normalized spacial score (nSPS) is 10.3. The highest BCUT2D eigenvalue weighted by Crippen LogP contribution is 2.19. The lowest BCUT2D eigenvalue weighted by Gasteiger charge is -2.10. The third kappa shape index (κ3) is 1.73. The second-order valence-corrected chi connectivity index (χ2v) is 3.66. The Morgan fingerprint density at radius 3 is 2.80 bits per heavy atom. The lowest BCUT2D eigenvalue weighted by molar-refractivity contribution is 1.04. The van der Waals surface area contributed by atoms with E-state index in [9.17, 15) is 0 Å². The van der Waals surface area contributed by atoms with E-state index in [4.69, 9.17) is 0 Å². The van der Waals surface area contributed by atoms with Crippen molar-refractivity contribution in [2.24, 2.45) is 0 Å². The minimum Gasteiger partial charge on any atom is -0.358 e. The van der Waals surface area contributed by atoms with E-state index in [1.54, 1.807) is 6.20 Å². The highest BCUT2D eigenvalue weighted by molar-refractivity contribution is 5.48.